The van der Waals surface area contributed by atoms with Crippen LogP contribution >= 0.6 is 0 Å². The number of nitrogens with one attached hydrogen (secondary N) is 2. The molecule has 0 spiro atoms. The van der Waals surface area contributed by atoms with Gasteiger partial charge in [0, 0.05) is 17.1 Å². The van der Waals surface area contributed by atoms with Crippen molar-refractivity contribution in [3.05, 3.63) is 71.8 Å². The molecule has 0 fully saturated rings. The lowest BCUT2D eigenvalue weighted by atomic mass is 10.3. The molecule has 0 aliphatic rings. The molecule has 0 saturated carbocycles. The number of carbonyl (C=O) groups excluding carboxylic acids is 1. The molecule has 31 heavy (non-hydrogen) atoms. The number of amides is 1. The zero-order valence-electron chi connectivity index (χ0n) is 17.1. The largest absolute Gasteiger partial charge is 0.478 e. The molecule has 0 unspecified atom stereocenters. The van der Waals surface area contributed by atoms with E-state index in [2.05, 4.69) is 20.0 Å². The monoisotopic (exact) mass is 444 g/mol. The van der Waals surface area contributed by atoms with E-state index in [9.17, 15) is 17.6 Å². The molecule has 1 aromatic heterocycles. The molecule has 1 heterocycles. The molecule has 0 aliphatic heterocycles. The molecule has 162 valence electrons. The van der Waals surface area contributed by atoms with Crippen LogP contribution in [0.2, 0.25) is 0 Å². The van der Waals surface area contributed by atoms with Crippen LogP contribution in [0.25, 0.3) is 0 Å². The highest BCUT2D eigenvalue weighted by Gasteiger charge is 2.19. The number of hydrogen-bond donors (Lipinski definition) is 2. The Balaban J connectivity index is 1.66. The number of nitrogens with zero attached hydrogens (tertiary/aromatic N) is 2. The highest BCUT2D eigenvalue weighted by Crippen LogP contribution is 2.19. The second-order valence-corrected chi connectivity index (χ2v) is 8.47. The molecular formula is C21H21FN4O4S. The number of anilines is 2. The van der Waals surface area contributed by atoms with Crippen molar-refractivity contribution in [2.24, 2.45) is 0 Å². The fourth-order valence-corrected chi connectivity index (χ4v) is 3.64. The van der Waals surface area contributed by atoms with E-state index in [1.807, 2.05) is 0 Å². The molecule has 8 nitrogen and oxygen atoms in total. The van der Waals surface area contributed by atoms with E-state index in [1.165, 1.54) is 49.4 Å². The highest BCUT2D eigenvalue weighted by molar-refractivity contribution is 7.92. The summed E-state index contributed by atoms with van der Waals surface area (Å²) in [5, 5.41) is 2.60. The molecular weight excluding hydrogens is 423 g/mol. The third kappa shape index (κ3) is 5.76. The van der Waals surface area contributed by atoms with Gasteiger partial charge in [-0.1, -0.05) is 12.1 Å². The van der Waals surface area contributed by atoms with Gasteiger partial charge in [-0.3, -0.25) is 4.79 Å². The van der Waals surface area contributed by atoms with Crippen molar-refractivity contribution in [2.45, 2.75) is 31.8 Å². The standard InChI is InChI=1S/C21H21FN4O4S/c1-13-12-14(2)24-21(23-13)26-31(28,29)17-10-8-16(9-11-17)25-20(27)15(3)30-19-7-5-4-6-18(19)22/h4-12,15H,1-3H3,(H,25,27)(H,23,24,26)/t15-/m1/s1. The van der Waals surface area contributed by atoms with Gasteiger partial charge >= 0.3 is 0 Å². The van der Waals surface area contributed by atoms with E-state index in [4.69, 9.17) is 4.74 Å². The Morgan fingerprint density at radius 3 is 2.26 bits per heavy atom. The average molecular weight is 444 g/mol. The van der Waals surface area contributed by atoms with E-state index >= 15 is 0 Å². The van der Waals surface area contributed by atoms with Crippen LogP contribution in [0, 0.1) is 19.7 Å². The molecule has 0 aliphatic carbocycles. The SMILES string of the molecule is Cc1cc(C)nc(NS(=O)(=O)c2ccc(NC(=O)[C@@H](C)Oc3ccccc3F)cc2)n1. The van der Waals surface area contributed by atoms with Gasteiger partial charge in [0.15, 0.2) is 17.7 Å². The lowest BCUT2D eigenvalue weighted by Crippen LogP contribution is -2.30. The molecule has 0 saturated heterocycles. The number of aromatic nitrogens is 2. The van der Waals surface area contributed by atoms with Crippen molar-refractivity contribution in [2.75, 3.05) is 10.0 Å². The molecule has 1 amide bonds. The fraction of sp³-hybridized carbons (Fsp3) is 0.190. The predicted molar refractivity (Wildman–Crippen MR) is 114 cm³/mol. The first-order chi connectivity index (χ1) is 14.6. The van der Waals surface area contributed by atoms with Crippen molar-refractivity contribution in [1.29, 1.82) is 0 Å². The molecule has 2 N–H and O–H groups in total. The highest BCUT2D eigenvalue weighted by atomic mass is 32.2. The minimum absolute atomic E-state index is 0.0194. The number of hydrogen-bond acceptors (Lipinski definition) is 6. The Bertz CT molecular complexity index is 1180. The quantitative estimate of drug-likeness (QED) is 0.578. The average Bonchev–Trinajstić information content (AvgIpc) is 2.69. The maximum Gasteiger partial charge on any atom is 0.265 e. The van der Waals surface area contributed by atoms with Crippen LogP contribution in [0.4, 0.5) is 16.0 Å². The fourth-order valence-electron chi connectivity index (χ4n) is 2.70. The van der Waals surface area contributed by atoms with E-state index in [-0.39, 0.29) is 16.6 Å². The smallest absolute Gasteiger partial charge is 0.265 e. The Kier molecular flexibility index (Phi) is 6.50. The normalized spacial score (nSPS) is 12.1. The Morgan fingerprint density at radius 2 is 1.65 bits per heavy atom. The number of benzene rings is 2. The minimum atomic E-state index is -3.91. The summed E-state index contributed by atoms with van der Waals surface area (Å²) in [5.41, 5.74) is 1.63. The van der Waals surface area contributed by atoms with Gasteiger partial charge in [0.25, 0.3) is 15.9 Å². The van der Waals surface area contributed by atoms with E-state index < -0.39 is 27.9 Å². The van der Waals surface area contributed by atoms with Crippen LogP contribution in [0.1, 0.15) is 18.3 Å². The first-order valence-electron chi connectivity index (χ1n) is 9.31. The van der Waals surface area contributed by atoms with Crippen LogP contribution in [0.15, 0.2) is 59.5 Å². The van der Waals surface area contributed by atoms with Gasteiger partial charge in [0.2, 0.25) is 5.95 Å². The third-order valence-corrected chi connectivity index (χ3v) is 5.49. The van der Waals surface area contributed by atoms with Crippen molar-refractivity contribution in [1.82, 2.24) is 9.97 Å². The Morgan fingerprint density at radius 1 is 1.03 bits per heavy atom. The predicted octanol–water partition coefficient (Wildman–Crippen LogP) is 3.44. The molecule has 10 heteroatoms. The molecule has 1 atom stereocenters. The summed E-state index contributed by atoms with van der Waals surface area (Å²) in [4.78, 5) is 20.4. The van der Waals surface area contributed by atoms with Gasteiger partial charge in [-0.05, 0) is 63.2 Å². The first kappa shape index (κ1) is 22.2. The summed E-state index contributed by atoms with van der Waals surface area (Å²) >= 11 is 0. The van der Waals surface area contributed by atoms with Crippen LogP contribution in [-0.2, 0) is 14.8 Å². The third-order valence-electron chi connectivity index (χ3n) is 4.15. The van der Waals surface area contributed by atoms with E-state index in [1.54, 1.807) is 26.0 Å². The summed E-state index contributed by atoms with van der Waals surface area (Å²) in [5.74, 6) is -1.14. The van der Waals surface area contributed by atoms with Gasteiger partial charge in [0.05, 0.1) is 4.90 Å². The number of rotatable bonds is 7. The zero-order valence-corrected chi connectivity index (χ0v) is 17.9. The summed E-state index contributed by atoms with van der Waals surface area (Å²) in [7, 11) is -3.91. The van der Waals surface area contributed by atoms with Crippen molar-refractivity contribution >= 4 is 27.6 Å². The van der Waals surface area contributed by atoms with Crippen molar-refractivity contribution in [3.8, 4) is 5.75 Å². The first-order valence-corrected chi connectivity index (χ1v) is 10.8. The molecule has 3 aromatic rings. The van der Waals surface area contributed by atoms with E-state index in [0.29, 0.717) is 17.1 Å². The molecule has 3 rings (SSSR count). The number of aryl methyl sites for hydroxylation is 2. The summed E-state index contributed by atoms with van der Waals surface area (Å²) in [6, 6.07) is 13.0. The number of carbonyl (C=O) groups is 1. The van der Waals surface area contributed by atoms with E-state index in [0.717, 1.165) is 0 Å². The Hall–Kier alpha value is -3.53. The summed E-state index contributed by atoms with van der Waals surface area (Å²) in [6.45, 7) is 4.95. The van der Waals surface area contributed by atoms with Crippen LogP contribution in [0.3, 0.4) is 0 Å². The van der Waals surface area contributed by atoms with Crippen molar-refractivity contribution < 1.29 is 22.3 Å². The molecule has 0 radical (unpaired) electrons. The zero-order chi connectivity index (χ0) is 22.6. The second-order valence-electron chi connectivity index (χ2n) is 6.78. The van der Waals surface area contributed by atoms with Crippen LogP contribution in [0.5, 0.6) is 5.75 Å². The Labute approximate surface area is 179 Å². The number of sulfonamides is 1. The topological polar surface area (TPSA) is 110 Å². The number of para-hydroxylation sites is 1. The summed E-state index contributed by atoms with van der Waals surface area (Å²) in [6.07, 6.45) is -0.969. The van der Waals surface area contributed by atoms with Gasteiger partial charge in [0.1, 0.15) is 0 Å². The number of halogens is 1. The maximum absolute atomic E-state index is 13.7. The molecule has 0 bridgehead atoms. The van der Waals surface area contributed by atoms with Crippen LogP contribution < -0.4 is 14.8 Å². The van der Waals surface area contributed by atoms with Gasteiger partial charge in [-0.2, -0.15) is 0 Å². The van der Waals surface area contributed by atoms with Gasteiger partial charge in [-0.25, -0.2) is 27.5 Å². The van der Waals surface area contributed by atoms with Crippen molar-refractivity contribution in [3.63, 3.8) is 0 Å². The lowest BCUT2D eigenvalue weighted by Gasteiger charge is -2.15. The second kappa shape index (κ2) is 9.09. The van der Waals surface area contributed by atoms with Gasteiger partial charge in [-0.15, -0.1) is 0 Å². The molecule has 2 aromatic carbocycles. The summed E-state index contributed by atoms with van der Waals surface area (Å²) < 4.78 is 46.5. The number of ether oxygens (including phenoxy) is 1. The van der Waals surface area contributed by atoms with Gasteiger partial charge < -0.3 is 10.1 Å². The van der Waals surface area contributed by atoms with Crippen LogP contribution in [-0.4, -0.2) is 30.4 Å². The minimum Gasteiger partial charge on any atom is -0.478 e. The maximum atomic E-state index is 13.7. The lowest BCUT2D eigenvalue weighted by molar-refractivity contribution is -0.122.